The highest BCUT2D eigenvalue weighted by molar-refractivity contribution is 5.13. The van der Waals surface area contributed by atoms with Crippen molar-refractivity contribution in [1.82, 2.24) is 0 Å². The van der Waals surface area contributed by atoms with Crippen molar-refractivity contribution < 1.29 is 19.3 Å². The van der Waals surface area contributed by atoms with Crippen LogP contribution < -0.4 is 0 Å². The number of aliphatic hydroxyl groups is 1. The van der Waals surface area contributed by atoms with E-state index < -0.39 is 5.79 Å². The van der Waals surface area contributed by atoms with E-state index in [1.54, 1.807) is 0 Å². The predicted molar refractivity (Wildman–Crippen MR) is 67.0 cm³/mol. The van der Waals surface area contributed by atoms with Crippen LogP contribution in [0.2, 0.25) is 0 Å². The van der Waals surface area contributed by atoms with E-state index in [0.717, 1.165) is 5.56 Å². The molecular weight excluding hydrogens is 232 g/mol. The van der Waals surface area contributed by atoms with E-state index in [1.165, 1.54) is 0 Å². The molecule has 1 fully saturated rings. The van der Waals surface area contributed by atoms with E-state index in [9.17, 15) is 5.11 Å². The van der Waals surface area contributed by atoms with Crippen molar-refractivity contribution in [2.24, 2.45) is 0 Å². The first kappa shape index (κ1) is 13.5. The molecule has 0 aromatic heterocycles. The molecule has 4 nitrogen and oxygen atoms in total. The Morgan fingerprint density at radius 2 is 2.11 bits per heavy atom. The quantitative estimate of drug-likeness (QED) is 0.866. The SMILES string of the molecule is CC1(C)OC[C@@H]([C@H](CO)OCc2ccccc2)O1. The number of ether oxygens (including phenoxy) is 3. The number of hydrogen-bond acceptors (Lipinski definition) is 4. The highest BCUT2D eigenvalue weighted by Gasteiger charge is 2.37. The minimum Gasteiger partial charge on any atom is -0.394 e. The number of rotatable bonds is 5. The zero-order chi connectivity index (χ0) is 13.0. The molecule has 0 amide bonds. The average molecular weight is 252 g/mol. The van der Waals surface area contributed by atoms with Gasteiger partial charge in [-0.05, 0) is 19.4 Å². The van der Waals surface area contributed by atoms with Crippen LogP contribution in [0.15, 0.2) is 30.3 Å². The van der Waals surface area contributed by atoms with Crippen molar-refractivity contribution in [1.29, 1.82) is 0 Å². The predicted octanol–water partition coefficient (Wildman–Crippen LogP) is 1.72. The molecule has 100 valence electrons. The van der Waals surface area contributed by atoms with Gasteiger partial charge in [-0.25, -0.2) is 0 Å². The second-order valence-corrected chi connectivity index (χ2v) is 4.88. The van der Waals surface area contributed by atoms with Gasteiger partial charge in [-0.1, -0.05) is 30.3 Å². The molecule has 0 radical (unpaired) electrons. The van der Waals surface area contributed by atoms with E-state index in [2.05, 4.69) is 0 Å². The van der Waals surface area contributed by atoms with Crippen LogP contribution >= 0.6 is 0 Å². The zero-order valence-corrected chi connectivity index (χ0v) is 10.8. The van der Waals surface area contributed by atoms with Crippen LogP contribution in [0.4, 0.5) is 0 Å². The summed E-state index contributed by atoms with van der Waals surface area (Å²) in [6, 6.07) is 9.87. The van der Waals surface area contributed by atoms with Crippen molar-refractivity contribution >= 4 is 0 Å². The number of benzene rings is 1. The van der Waals surface area contributed by atoms with E-state index in [4.69, 9.17) is 14.2 Å². The minimum atomic E-state index is -0.589. The lowest BCUT2D eigenvalue weighted by atomic mass is 10.2. The minimum absolute atomic E-state index is 0.0725. The van der Waals surface area contributed by atoms with Crippen LogP contribution in [0, 0.1) is 0 Å². The van der Waals surface area contributed by atoms with Gasteiger partial charge in [0.25, 0.3) is 0 Å². The number of hydrogen-bond donors (Lipinski definition) is 1. The normalized spacial score (nSPS) is 24.1. The van der Waals surface area contributed by atoms with Crippen LogP contribution in [0.3, 0.4) is 0 Å². The summed E-state index contributed by atoms with van der Waals surface area (Å²) in [5.74, 6) is -0.589. The molecule has 18 heavy (non-hydrogen) atoms. The third-order valence-corrected chi connectivity index (χ3v) is 2.93. The van der Waals surface area contributed by atoms with Gasteiger partial charge >= 0.3 is 0 Å². The Balaban J connectivity index is 1.87. The Labute approximate surface area is 107 Å². The zero-order valence-electron chi connectivity index (χ0n) is 10.8. The molecule has 1 N–H and O–H groups in total. The largest absolute Gasteiger partial charge is 0.394 e. The van der Waals surface area contributed by atoms with Crippen molar-refractivity contribution in [3.05, 3.63) is 35.9 Å². The van der Waals surface area contributed by atoms with E-state index in [1.807, 2.05) is 44.2 Å². The summed E-state index contributed by atoms with van der Waals surface area (Å²) in [7, 11) is 0. The fourth-order valence-corrected chi connectivity index (χ4v) is 1.95. The van der Waals surface area contributed by atoms with Crippen LogP contribution in [-0.4, -0.2) is 36.3 Å². The topological polar surface area (TPSA) is 47.9 Å². The van der Waals surface area contributed by atoms with Crippen molar-refractivity contribution in [3.8, 4) is 0 Å². The first-order valence-electron chi connectivity index (χ1n) is 6.19. The van der Waals surface area contributed by atoms with Crippen LogP contribution in [-0.2, 0) is 20.8 Å². The van der Waals surface area contributed by atoms with Gasteiger partial charge in [0.05, 0.1) is 19.8 Å². The first-order valence-corrected chi connectivity index (χ1v) is 6.19. The van der Waals surface area contributed by atoms with Crippen LogP contribution in [0.1, 0.15) is 19.4 Å². The second kappa shape index (κ2) is 5.80. The summed E-state index contributed by atoms with van der Waals surface area (Å²) < 4.78 is 16.9. The second-order valence-electron chi connectivity index (χ2n) is 4.88. The standard InChI is InChI=1S/C14H20O4/c1-14(2)17-10-13(18-14)12(8-15)16-9-11-6-4-3-5-7-11/h3-7,12-13,15H,8-10H2,1-2H3/t12-,13-/m0/s1. The third-order valence-electron chi connectivity index (χ3n) is 2.93. The monoisotopic (exact) mass is 252 g/mol. The van der Waals surface area contributed by atoms with Crippen molar-refractivity contribution in [2.75, 3.05) is 13.2 Å². The Bertz CT molecular complexity index is 363. The molecule has 0 bridgehead atoms. The molecule has 2 atom stereocenters. The fourth-order valence-electron chi connectivity index (χ4n) is 1.95. The maximum atomic E-state index is 9.37. The Morgan fingerprint density at radius 1 is 1.39 bits per heavy atom. The summed E-state index contributed by atoms with van der Waals surface area (Å²) >= 11 is 0. The van der Waals surface area contributed by atoms with Crippen molar-refractivity contribution in [2.45, 2.75) is 38.4 Å². The van der Waals surface area contributed by atoms with Crippen molar-refractivity contribution in [3.63, 3.8) is 0 Å². The molecular formula is C14H20O4. The molecule has 1 aliphatic heterocycles. The molecule has 1 aliphatic rings. The van der Waals surface area contributed by atoms with E-state index in [0.29, 0.717) is 13.2 Å². The molecule has 1 aromatic carbocycles. The van der Waals surface area contributed by atoms with Crippen LogP contribution in [0.5, 0.6) is 0 Å². The maximum Gasteiger partial charge on any atom is 0.163 e. The Morgan fingerprint density at radius 3 is 2.67 bits per heavy atom. The number of aliphatic hydroxyl groups excluding tert-OH is 1. The maximum absolute atomic E-state index is 9.37. The van der Waals surface area contributed by atoms with Crippen LogP contribution in [0.25, 0.3) is 0 Å². The molecule has 0 aliphatic carbocycles. The molecule has 4 heteroatoms. The fraction of sp³-hybridized carbons (Fsp3) is 0.571. The highest BCUT2D eigenvalue weighted by Crippen LogP contribution is 2.25. The van der Waals surface area contributed by atoms with Gasteiger partial charge in [0.2, 0.25) is 0 Å². The smallest absolute Gasteiger partial charge is 0.163 e. The molecule has 2 rings (SSSR count). The Kier molecular flexibility index (Phi) is 4.35. The lowest BCUT2D eigenvalue weighted by Gasteiger charge is -2.23. The highest BCUT2D eigenvalue weighted by atomic mass is 16.7. The van der Waals surface area contributed by atoms with Gasteiger partial charge in [0.15, 0.2) is 5.79 Å². The summed E-state index contributed by atoms with van der Waals surface area (Å²) in [5.41, 5.74) is 1.08. The lowest BCUT2D eigenvalue weighted by Crippen LogP contribution is -2.35. The summed E-state index contributed by atoms with van der Waals surface area (Å²) in [6.45, 7) is 4.56. The van der Waals surface area contributed by atoms with Gasteiger partial charge in [-0.15, -0.1) is 0 Å². The van der Waals surface area contributed by atoms with E-state index in [-0.39, 0.29) is 18.8 Å². The van der Waals surface area contributed by atoms with E-state index >= 15 is 0 Å². The van der Waals surface area contributed by atoms with Gasteiger partial charge in [0.1, 0.15) is 12.2 Å². The van der Waals surface area contributed by atoms with Gasteiger partial charge < -0.3 is 19.3 Å². The molecule has 1 heterocycles. The summed E-state index contributed by atoms with van der Waals surface area (Å²) in [4.78, 5) is 0. The molecule has 0 unspecified atom stereocenters. The Hall–Kier alpha value is -0.940. The third kappa shape index (κ3) is 3.53. The molecule has 1 aromatic rings. The first-order chi connectivity index (χ1) is 8.61. The average Bonchev–Trinajstić information content (AvgIpc) is 2.72. The molecule has 0 saturated carbocycles. The van der Waals surface area contributed by atoms with Gasteiger partial charge in [-0.3, -0.25) is 0 Å². The summed E-state index contributed by atoms with van der Waals surface area (Å²) in [6.07, 6.45) is -0.569. The van der Waals surface area contributed by atoms with Gasteiger partial charge in [-0.2, -0.15) is 0 Å². The molecule has 0 spiro atoms. The lowest BCUT2D eigenvalue weighted by molar-refractivity contribution is -0.162. The molecule has 1 saturated heterocycles. The summed E-state index contributed by atoms with van der Waals surface area (Å²) in [5, 5.41) is 9.37. The van der Waals surface area contributed by atoms with Gasteiger partial charge in [0, 0.05) is 0 Å².